The molecule has 0 spiro atoms. The molecule has 100 valence electrons. The summed E-state index contributed by atoms with van der Waals surface area (Å²) in [5.74, 6) is 1.39. The van der Waals surface area contributed by atoms with Crippen LogP contribution in [0, 0.1) is 12.7 Å². The van der Waals surface area contributed by atoms with Crippen LogP contribution in [0.2, 0.25) is 0 Å². The molecular weight excluding hydrogens is 247 g/mol. The summed E-state index contributed by atoms with van der Waals surface area (Å²) in [5, 5.41) is 0. The molecule has 0 atom stereocenters. The Morgan fingerprint density at radius 3 is 1.95 bits per heavy atom. The van der Waals surface area contributed by atoms with Crippen LogP contribution in [0.5, 0.6) is 23.0 Å². The summed E-state index contributed by atoms with van der Waals surface area (Å²) in [6.45, 7) is 1.82. The maximum Gasteiger partial charge on any atom is 0.165 e. The quantitative estimate of drug-likeness (QED) is 0.835. The number of hydrogen-bond acceptors (Lipinski definition) is 3. The topological polar surface area (TPSA) is 27.7 Å². The first-order valence-electron chi connectivity index (χ1n) is 5.79. The summed E-state index contributed by atoms with van der Waals surface area (Å²) >= 11 is 0. The second-order valence-electron chi connectivity index (χ2n) is 4.08. The van der Waals surface area contributed by atoms with Gasteiger partial charge in [0, 0.05) is 18.2 Å². The number of rotatable bonds is 4. The second kappa shape index (κ2) is 5.61. The summed E-state index contributed by atoms with van der Waals surface area (Å²) < 4.78 is 29.5. The van der Waals surface area contributed by atoms with Gasteiger partial charge in [0.15, 0.2) is 11.6 Å². The van der Waals surface area contributed by atoms with E-state index in [0.29, 0.717) is 17.2 Å². The van der Waals surface area contributed by atoms with Crippen LogP contribution >= 0.6 is 0 Å². The number of benzene rings is 2. The number of ether oxygens (including phenoxy) is 3. The molecule has 3 nitrogen and oxygen atoms in total. The smallest absolute Gasteiger partial charge is 0.165 e. The zero-order valence-corrected chi connectivity index (χ0v) is 11.1. The molecular formula is C15H15FO3. The Hall–Kier alpha value is -2.23. The predicted molar refractivity (Wildman–Crippen MR) is 70.8 cm³/mol. The standard InChI is InChI=1S/C15H15FO3/c1-10-4-5-15(14(16)6-10)19-13-8-11(17-2)7-12(9-13)18-3/h4-9H,1-3H3. The van der Waals surface area contributed by atoms with E-state index < -0.39 is 5.82 Å². The normalized spacial score (nSPS) is 10.1. The van der Waals surface area contributed by atoms with Crippen molar-refractivity contribution >= 4 is 0 Å². The van der Waals surface area contributed by atoms with Crippen molar-refractivity contribution in [2.75, 3.05) is 14.2 Å². The van der Waals surface area contributed by atoms with Crippen LogP contribution in [0.3, 0.4) is 0 Å². The van der Waals surface area contributed by atoms with E-state index in [1.165, 1.54) is 6.07 Å². The van der Waals surface area contributed by atoms with E-state index in [0.717, 1.165) is 5.56 Å². The molecule has 2 rings (SSSR count). The second-order valence-corrected chi connectivity index (χ2v) is 4.08. The molecule has 0 fully saturated rings. The first-order valence-corrected chi connectivity index (χ1v) is 5.79. The van der Waals surface area contributed by atoms with Gasteiger partial charge in [-0.15, -0.1) is 0 Å². The number of hydrogen-bond donors (Lipinski definition) is 0. The summed E-state index contributed by atoms with van der Waals surface area (Å²) in [7, 11) is 3.09. The lowest BCUT2D eigenvalue weighted by Gasteiger charge is -2.10. The van der Waals surface area contributed by atoms with Gasteiger partial charge in [0.2, 0.25) is 0 Å². The molecule has 0 aliphatic rings. The van der Waals surface area contributed by atoms with Crippen molar-refractivity contribution in [1.82, 2.24) is 0 Å². The van der Waals surface area contributed by atoms with Crippen LogP contribution in [0.15, 0.2) is 36.4 Å². The monoisotopic (exact) mass is 262 g/mol. The Morgan fingerprint density at radius 2 is 1.42 bits per heavy atom. The maximum atomic E-state index is 13.7. The lowest BCUT2D eigenvalue weighted by atomic mass is 10.2. The van der Waals surface area contributed by atoms with E-state index in [2.05, 4.69) is 0 Å². The van der Waals surface area contributed by atoms with Crippen LogP contribution in [-0.4, -0.2) is 14.2 Å². The van der Waals surface area contributed by atoms with Gasteiger partial charge < -0.3 is 14.2 Å². The molecule has 0 radical (unpaired) electrons. The van der Waals surface area contributed by atoms with Gasteiger partial charge in [-0.2, -0.15) is 0 Å². The van der Waals surface area contributed by atoms with Gasteiger partial charge in [-0.3, -0.25) is 0 Å². The minimum Gasteiger partial charge on any atom is -0.496 e. The summed E-state index contributed by atoms with van der Waals surface area (Å²) in [6, 6.07) is 9.86. The number of aryl methyl sites for hydroxylation is 1. The zero-order valence-electron chi connectivity index (χ0n) is 11.1. The zero-order chi connectivity index (χ0) is 13.8. The molecule has 2 aromatic carbocycles. The van der Waals surface area contributed by atoms with Crippen molar-refractivity contribution in [1.29, 1.82) is 0 Å². The average molecular weight is 262 g/mol. The highest BCUT2D eigenvalue weighted by Gasteiger charge is 2.08. The molecule has 4 heteroatoms. The number of halogens is 1. The van der Waals surface area contributed by atoms with Crippen molar-refractivity contribution in [3.63, 3.8) is 0 Å². The third-order valence-corrected chi connectivity index (χ3v) is 2.64. The van der Waals surface area contributed by atoms with Crippen LogP contribution in [0.1, 0.15) is 5.56 Å². The maximum absolute atomic E-state index is 13.7. The third kappa shape index (κ3) is 3.16. The first kappa shape index (κ1) is 13.2. The first-order chi connectivity index (χ1) is 9.12. The van der Waals surface area contributed by atoms with E-state index in [9.17, 15) is 4.39 Å². The van der Waals surface area contributed by atoms with Crippen LogP contribution < -0.4 is 14.2 Å². The highest BCUT2D eigenvalue weighted by atomic mass is 19.1. The minimum absolute atomic E-state index is 0.168. The summed E-state index contributed by atoms with van der Waals surface area (Å²) in [4.78, 5) is 0. The number of methoxy groups -OCH3 is 2. The SMILES string of the molecule is COc1cc(OC)cc(Oc2ccc(C)cc2F)c1. The Labute approximate surface area is 111 Å². The Morgan fingerprint density at radius 1 is 0.842 bits per heavy atom. The summed E-state index contributed by atoms with van der Waals surface area (Å²) in [6.07, 6.45) is 0. The van der Waals surface area contributed by atoms with Crippen molar-refractivity contribution in [2.45, 2.75) is 6.92 Å². The highest BCUT2D eigenvalue weighted by Crippen LogP contribution is 2.31. The van der Waals surface area contributed by atoms with E-state index >= 15 is 0 Å². The van der Waals surface area contributed by atoms with Crippen LogP contribution in [-0.2, 0) is 0 Å². The van der Waals surface area contributed by atoms with E-state index in [1.54, 1.807) is 44.6 Å². The Kier molecular flexibility index (Phi) is 3.90. The van der Waals surface area contributed by atoms with Gasteiger partial charge >= 0.3 is 0 Å². The molecule has 0 aliphatic carbocycles. The molecule has 0 aliphatic heterocycles. The minimum atomic E-state index is -0.401. The van der Waals surface area contributed by atoms with Crippen molar-refractivity contribution in [2.24, 2.45) is 0 Å². The lowest BCUT2D eigenvalue weighted by Crippen LogP contribution is -1.92. The fraction of sp³-hybridized carbons (Fsp3) is 0.200. The van der Waals surface area contributed by atoms with Crippen LogP contribution in [0.25, 0.3) is 0 Å². The Bertz CT molecular complexity index is 559. The lowest BCUT2D eigenvalue weighted by molar-refractivity contribution is 0.383. The predicted octanol–water partition coefficient (Wildman–Crippen LogP) is 3.94. The van der Waals surface area contributed by atoms with Crippen LogP contribution in [0.4, 0.5) is 4.39 Å². The van der Waals surface area contributed by atoms with Gasteiger partial charge in [0.25, 0.3) is 0 Å². The molecule has 0 N–H and O–H groups in total. The molecule has 0 heterocycles. The van der Waals surface area contributed by atoms with Gasteiger partial charge in [-0.05, 0) is 24.6 Å². The summed E-state index contributed by atoms with van der Waals surface area (Å²) in [5.41, 5.74) is 0.841. The molecule has 0 saturated heterocycles. The molecule has 0 aromatic heterocycles. The molecule has 19 heavy (non-hydrogen) atoms. The van der Waals surface area contributed by atoms with Crippen molar-refractivity contribution in [3.05, 3.63) is 47.8 Å². The van der Waals surface area contributed by atoms with Crippen molar-refractivity contribution in [3.8, 4) is 23.0 Å². The van der Waals surface area contributed by atoms with E-state index in [1.807, 2.05) is 6.92 Å². The third-order valence-electron chi connectivity index (χ3n) is 2.64. The fourth-order valence-corrected chi connectivity index (χ4v) is 1.66. The molecule has 0 bridgehead atoms. The Balaban J connectivity index is 2.31. The molecule has 0 saturated carbocycles. The molecule has 0 amide bonds. The van der Waals surface area contributed by atoms with E-state index in [4.69, 9.17) is 14.2 Å². The van der Waals surface area contributed by atoms with Gasteiger partial charge in [0.1, 0.15) is 17.2 Å². The van der Waals surface area contributed by atoms with Gasteiger partial charge in [-0.1, -0.05) is 6.07 Å². The largest absolute Gasteiger partial charge is 0.496 e. The molecule has 2 aromatic rings. The average Bonchev–Trinajstić information content (AvgIpc) is 2.41. The molecule has 0 unspecified atom stereocenters. The van der Waals surface area contributed by atoms with Gasteiger partial charge in [-0.25, -0.2) is 4.39 Å². The highest BCUT2D eigenvalue weighted by molar-refractivity contribution is 5.44. The fourth-order valence-electron chi connectivity index (χ4n) is 1.66. The van der Waals surface area contributed by atoms with E-state index in [-0.39, 0.29) is 5.75 Å². The van der Waals surface area contributed by atoms with Crippen molar-refractivity contribution < 1.29 is 18.6 Å². The van der Waals surface area contributed by atoms with Gasteiger partial charge in [0.05, 0.1) is 14.2 Å².